The van der Waals surface area contributed by atoms with Gasteiger partial charge >= 0.3 is 0 Å². The summed E-state index contributed by atoms with van der Waals surface area (Å²) < 4.78 is 0. The molecule has 1 atom stereocenters. The SMILES string of the molecule is CCC(C)CCNc1ccc(N(C(C)(C)C)C(C)(C)C)cc1. The van der Waals surface area contributed by atoms with E-state index in [0.29, 0.717) is 0 Å². The van der Waals surface area contributed by atoms with Crippen molar-refractivity contribution in [1.29, 1.82) is 0 Å². The lowest BCUT2D eigenvalue weighted by molar-refractivity contribution is 0.381. The predicted octanol–water partition coefficient (Wildman–Crippen LogP) is 5.94. The zero-order valence-corrected chi connectivity index (χ0v) is 16.0. The normalized spacial score (nSPS) is 13.8. The third-order valence-electron chi connectivity index (χ3n) is 4.13. The first-order valence-electron chi connectivity index (χ1n) is 8.70. The van der Waals surface area contributed by atoms with Crippen LogP contribution in [0.25, 0.3) is 0 Å². The number of nitrogens with one attached hydrogen (secondary N) is 1. The van der Waals surface area contributed by atoms with Crippen LogP contribution in [0.2, 0.25) is 0 Å². The van der Waals surface area contributed by atoms with Crippen LogP contribution in [0.3, 0.4) is 0 Å². The Kier molecular flexibility index (Phi) is 6.34. The lowest BCUT2D eigenvalue weighted by atomic mass is 9.94. The Hall–Kier alpha value is -1.18. The zero-order valence-electron chi connectivity index (χ0n) is 16.0. The van der Waals surface area contributed by atoms with Crippen molar-refractivity contribution < 1.29 is 0 Å². The predicted molar refractivity (Wildman–Crippen MR) is 101 cm³/mol. The van der Waals surface area contributed by atoms with Crippen LogP contribution in [0.1, 0.15) is 68.2 Å². The summed E-state index contributed by atoms with van der Waals surface area (Å²) in [5.41, 5.74) is 2.70. The van der Waals surface area contributed by atoms with Crippen LogP contribution in [0.5, 0.6) is 0 Å². The molecule has 0 aliphatic rings. The Bertz CT molecular complexity index is 420. The molecule has 0 saturated carbocycles. The molecule has 1 unspecified atom stereocenters. The van der Waals surface area contributed by atoms with Crippen molar-refractivity contribution in [2.75, 3.05) is 16.8 Å². The molecule has 22 heavy (non-hydrogen) atoms. The maximum absolute atomic E-state index is 3.53. The standard InChI is InChI=1S/C20H36N2/c1-9-16(2)14-15-21-17-10-12-18(13-11-17)22(19(3,4)5)20(6,7)8/h10-13,16,21H,9,14-15H2,1-8H3. The average molecular weight is 305 g/mol. The molecular weight excluding hydrogens is 268 g/mol. The molecule has 1 aromatic rings. The van der Waals surface area contributed by atoms with Crippen LogP contribution in [-0.2, 0) is 0 Å². The van der Waals surface area contributed by atoms with Crippen molar-refractivity contribution >= 4 is 11.4 Å². The van der Waals surface area contributed by atoms with Gasteiger partial charge in [-0.3, -0.25) is 0 Å². The van der Waals surface area contributed by atoms with Crippen LogP contribution < -0.4 is 10.2 Å². The summed E-state index contributed by atoms with van der Waals surface area (Å²) in [6, 6.07) is 8.89. The monoisotopic (exact) mass is 304 g/mol. The Balaban J connectivity index is 2.78. The summed E-state index contributed by atoms with van der Waals surface area (Å²) >= 11 is 0. The minimum atomic E-state index is 0.101. The van der Waals surface area contributed by atoms with Crippen molar-refractivity contribution in [3.05, 3.63) is 24.3 Å². The molecule has 1 rings (SSSR count). The van der Waals surface area contributed by atoms with E-state index in [0.717, 1.165) is 12.5 Å². The number of hydrogen-bond acceptors (Lipinski definition) is 2. The second kappa shape index (κ2) is 7.39. The Morgan fingerprint density at radius 1 is 0.955 bits per heavy atom. The molecule has 0 fully saturated rings. The van der Waals surface area contributed by atoms with E-state index in [1.807, 2.05) is 0 Å². The van der Waals surface area contributed by atoms with Crippen molar-refractivity contribution in [3.63, 3.8) is 0 Å². The Morgan fingerprint density at radius 3 is 1.86 bits per heavy atom. The summed E-state index contributed by atoms with van der Waals surface area (Å²) in [6.07, 6.45) is 2.49. The molecule has 1 N–H and O–H groups in total. The first kappa shape index (κ1) is 18.9. The molecule has 0 radical (unpaired) electrons. The van der Waals surface area contributed by atoms with Crippen molar-refractivity contribution in [2.24, 2.45) is 5.92 Å². The van der Waals surface area contributed by atoms with E-state index in [-0.39, 0.29) is 11.1 Å². The molecule has 0 aliphatic carbocycles. The summed E-state index contributed by atoms with van der Waals surface area (Å²) in [4.78, 5) is 2.49. The third-order valence-corrected chi connectivity index (χ3v) is 4.13. The van der Waals surface area contributed by atoms with Crippen LogP contribution >= 0.6 is 0 Å². The maximum atomic E-state index is 3.53. The number of nitrogens with zero attached hydrogens (tertiary/aromatic N) is 1. The lowest BCUT2D eigenvalue weighted by Crippen LogP contribution is -2.53. The Labute approximate surface area is 138 Å². The summed E-state index contributed by atoms with van der Waals surface area (Å²) in [5.74, 6) is 0.795. The number of anilines is 2. The summed E-state index contributed by atoms with van der Waals surface area (Å²) in [6.45, 7) is 19.3. The molecule has 126 valence electrons. The molecule has 0 heterocycles. The molecule has 0 aliphatic heterocycles. The quantitative estimate of drug-likeness (QED) is 0.700. The fraction of sp³-hybridized carbons (Fsp3) is 0.700. The average Bonchev–Trinajstić information content (AvgIpc) is 2.37. The molecular formula is C20H36N2. The smallest absolute Gasteiger partial charge is 0.0376 e. The van der Waals surface area contributed by atoms with Gasteiger partial charge in [-0.1, -0.05) is 20.3 Å². The van der Waals surface area contributed by atoms with Gasteiger partial charge in [-0.25, -0.2) is 0 Å². The van der Waals surface area contributed by atoms with Crippen LogP contribution in [0.15, 0.2) is 24.3 Å². The van der Waals surface area contributed by atoms with Gasteiger partial charge < -0.3 is 10.2 Å². The minimum absolute atomic E-state index is 0.101. The second-order valence-corrected chi connectivity index (χ2v) is 8.45. The lowest BCUT2D eigenvalue weighted by Gasteiger charge is -2.47. The van der Waals surface area contributed by atoms with Gasteiger partial charge in [0.2, 0.25) is 0 Å². The van der Waals surface area contributed by atoms with Crippen molar-refractivity contribution in [1.82, 2.24) is 0 Å². The fourth-order valence-corrected chi connectivity index (χ4v) is 3.18. The molecule has 0 aromatic heterocycles. The summed E-state index contributed by atoms with van der Waals surface area (Å²) in [5, 5.41) is 3.53. The topological polar surface area (TPSA) is 15.3 Å². The highest BCUT2D eigenvalue weighted by Crippen LogP contribution is 2.32. The number of hydrogen-bond donors (Lipinski definition) is 1. The van der Waals surface area contributed by atoms with Gasteiger partial charge in [-0.2, -0.15) is 0 Å². The van der Waals surface area contributed by atoms with Crippen LogP contribution in [0, 0.1) is 5.92 Å². The van der Waals surface area contributed by atoms with Gasteiger partial charge in [0.15, 0.2) is 0 Å². The third kappa shape index (κ3) is 5.55. The molecule has 0 bridgehead atoms. The van der Waals surface area contributed by atoms with Crippen molar-refractivity contribution in [3.8, 4) is 0 Å². The largest absolute Gasteiger partial charge is 0.385 e. The molecule has 2 nitrogen and oxygen atoms in total. The van der Waals surface area contributed by atoms with Crippen LogP contribution in [0.4, 0.5) is 11.4 Å². The van der Waals surface area contributed by atoms with E-state index >= 15 is 0 Å². The number of rotatable bonds is 6. The highest BCUT2D eigenvalue weighted by molar-refractivity contribution is 5.57. The second-order valence-electron chi connectivity index (χ2n) is 8.45. The van der Waals surface area contributed by atoms with Crippen LogP contribution in [-0.4, -0.2) is 17.6 Å². The molecule has 0 amide bonds. The van der Waals surface area contributed by atoms with Gasteiger partial charge in [0.05, 0.1) is 0 Å². The van der Waals surface area contributed by atoms with Gasteiger partial charge in [0.25, 0.3) is 0 Å². The van der Waals surface area contributed by atoms with Gasteiger partial charge in [0.1, 0.15) is 0 Å². The minimum Gasteiger partial charge on any atom is -0.385 e. The van der Waals surface area contributed by atoms with E-state index < -0.39 is 0 Å². The van der Waals surface area contributed by atoms with E-state index in [2.05, 4.69) is 89.9 Å². The first-order valence-corrected chi connectivity index (χ1v) is 8.70. The highest BCUT2D eigenvalue weighted by Gasteiger charge is 2.31. The van der Waals surface area contributed by atoms with Gasteiger partial charge in [0, 0.05) is 29.0 Å². The Morgan fingerprint density at radius 2 is 1.45 bits per heavy atom. The van der Waals surface area contributed by atoms with E-state index in [1.54, 1.807) is 0 Å². The highest BCUT2D eigenvalue weighted by atomic mass is 15.2. The van der Waals surface area contributed by atoms with E-state index in [1.165, 1.54) is 24.2 Å². The van der Waals surface area contributed by atoms with Gasteiger partial charge in [-0.05, 0) is 78.1 Å². The molecule has 1 aromatic carbocycles. The first-order chi connectivity index (χ1) is 10.1. The molecule has 0 spiro atoms. The zero-order chi connectivity index (χ0) is 17.0. The number of benzene rings is 1. The molecule has 2 heteroatoms. The maximum Gasteiger partial charge on any atom is 0.0376 e. The van der Waals surface area contributed by atoms with E-state index in [9.17, 15) is 0 Å². The summed E-state index contributed by atoms with van der Waals surface area (Å²) in [7, 11) is 0. The van der Waals surface area contributed by atoms with E-state index in [4.69, 9.17) is 0 Å². The molecule has 0 saturated heterocycles. The van der Waals surface area contributed by atoms with Gasteiger partial charge in [-0.15, -0.1) is 0 Å². The fourth-order valence-electron chi connectivity index (χ4n) is 3.18. The van der Waals surface area contributed by atoms with Crippen molar-refractivity contribution in [2.45, 2.75) is 79.3 Å².